The molecule has 18 heavy (non-hydrogen) atoms. The summed E-state index contributed by atoms with van der Waals surface area (Å²) in [5, 5.41) is 9.65. The van der Waals surface area contributed by atoms with Crippen LogP contribution >= 0.6 is 0 Å². The Hall–Kier alpha value is -2.43. The van der Waals surface area contributed by atoms with Gasteiger partial charge < -0.3 is 10.0 Å². The van der Waals surface area contributed by atoms with Crippen molar-refractivity contribution in [3.05, 3.63) is 48.5 Å². The lowest BCUT2D eigenvalue weighted by atomic mass is 10.2. The zero-order valence-corrected chi connectivity index (χ0v) is 9.95. The first-order valence-corrected chi connectivity index (χ1v) is 5.60. The predicted molar refractivity (Wildman–Crippen MR) is 67.5 cm³/mol. The smallest absolute Gasteiger partial charge is 0.280 e. The maximum atomic E-state index is 12.3. The molecule has 0 saturated heterocycles. The first-order valence-electron chi connectivity index (χ1n) is 5.60. The number of nitrogens with zero attached hydrogens (tertiary/aromatic N) is 3. The number of rotatable bonds is 3. The molecule has 0 aliphatic heterocycles. The van der Waals surface area contributed by atoms with Crippen LogP contribution in [-0.2, 0) is 0 Å². The molecule has 1 amide bonds. The molecule has 0 radical (unpaired) electrons. The van der Waals surface area contributed by atoms with Crippen LogP contribution in [0, 0.1) is 0 Å². The number of aromatic hydroxyl groups is 1. The van der Waals surface area contributed by atoms with Crippen LogP contribution in [0.4, 0.5) is 5.69 Å². The van der Waals surface area contributed by atoms with E-state index in [0.717, 1.165) is 5.69 Å². The molecule has 1 N–H and O–H groups in total. The third-order valence-corrected chi connectivity index (χ3v) is 2.52. The minimum atomic E-state index is -0.332. The van der Waals surface area contributed by atoms with E-state index < -0.39 is 0 Å². The Kier molecular flexibility index (Phi) is 3.52. The standard InChI is InChI=1S/C13H13N3O2/c1-2-16(10-5-8-14-9-6-10)13(18)12-11(17)4-3-7-15-12/h3-9,17H,2H2,1H3. The molecule has 5 nitrogen and oxygen atoms in total. The van der Waals surface area contributed by atoms with Crippen LogP contribution in [0.5, 0.6) is 5.75 Å². The lowest BCUT2D eigenvalue weighted by Gasteiger charge is -2.20. The summed E-state index contributed by atoms with van der Waals surface area (Å²) in [6.45, 7) is 2.34. The van der Waals surface area contributed by atoms with E-state index in [4.69, 9.17) is 0 Å². The van der Waals surface area contributed by atoms with Crippen molar-refractivity contribution < 1.29 is 9.90 Å². The van der Waals surface area contributed by atoms with Crippen LogP contribution in [0.3, 0.4) is 0 Å². The summed E-state index contributed by atoms with van der Waals surface area (Å²) in [4.78, 5) is 21.6. The summed E-state index contributed by atoms with van der Waals surface area (Å²) in [6.07, 6.45) is 4.71. The van der Waals surface area contributed by atoms with Crippen molar-refractivity contribution in [2.24, 2.45) is 0 Å². The van der Waals surface area contributed by atoms with Gasteiger partial charge in [0, 0.05) is 30.8 Å². The van der Waals surface area contributed by atoms with Crippen LogP contribution in [0.1, 0.15) is 17.4 Å². The molecule has 5 heteroatoms. The first kappa shape index (κ1) is 12.0. The molecule has 2 aromatic heterocycles. The number of hydrogen-bond donors (Lipinski definition) is 1. The van der Waals surface area contributed by atoms with E-state index in [1.165, 1.54) is 17.2 Å². The van der Waals surface area contributed by atoms with E-state index in [1.54, 1.807) is 30.6 Å². The molecular weight excluding hydrogens is 230 g/mol. The lowest BCUT2D eigenvalue weighted by Crippen LogP contribution is -2.31. The normalized spacial score (nSPS) is 10.1. The number of hydrogen-bond acceptors (Lipinski definition) is 4. The molecule has 0 fully saturated rings. The molecule has 92 valence electrons. The number of aromatic nitrogens is 2. The van der Waals surface area contributed by atoms with Gasteiger partial charge in [0.05, 0.1) is 0 Å². The number of anilines is 1. The fraction of sp³-hybridized carbons (Fsp3) is 0.154. The van der Waals surface area contributed by atoms with Crippen LogP contribution in [0.2, 0.25) is 0 Å². The quantitative estimate of drug-likeness (QED) is 0.893. The molecule has 0 atom stereocenters. The van der Waals surface area contributed by atoms with Crippen molar-refractivity contribution in [1.82, 2.24) is 9.97 Å². The highest BCUT2D eigenvalue weighted by atomic mass is 16.3. The topological polar surface area (TPSA) is 66.3 Å². The molecule has 0 bridgehead atoms. The minimum absolute atomic E-state index is 0.0520. The van der Waals surface area contributed by atoms with Gasteiger partial charge in [0.1, 0.15) is 5.75 Å². The summed E-state index contributed by atoms with van der Waals surface area (Å²) in [6, 6.07) is 6.50. The Morgan fingerprint density at radius 3 is 2.61 bits per heavy atom. The van der Waals surface area contributed by atoms with Gasteiger partial charge in [-0.05, 0) is 31.2 Å². The van der Waals surface area contributed by atoms with Gasteiger partial charge in [-0.2, -0.15) is 0 Å². The second-order valence-corrected chi connectivity index (χ2v) is 3.63. The van der Waals surface area contributed by atoms with Crippen LogP contribution in [0.25, 0.3) is 0 Å². The van der Waals surface area contributed by atoms with Crippen molar-refractivity contribution in [3.63, 3.8) is 0 Å². The van der Waals surface area contributed by atoms with Gasteiger partial charge in [-0.15, -0.1) is 0 Å². The Labute approximate surface area is 105 Å². The Morgan fingerprint density at radius 2 is 2.00 bits per heavy atom. The highest BCUT2D eigenvalue weighted by Gasteiger charge is 2.20. The summed E-state index contributed by atoms with van der Waals surface area (Å²) in [5.41, 5.74) is 0.777. The molecule has 0 unspecified atom stereocenters. The highest BCUT2D eigenvalue weighted by Crippen LogP contribution is 2.19. The third-order valence-electron chi connectivity index (χ3n) is 2.52. The van der Waals surface area contributed by atoms with Crippen molar-refractivity contribution in [3.8, 4) is 5.75 Å². The van der Waals surface area contributed by atoms with Crippen LogP contribution in [-0.4, -0.2) is 27.5 Å². The monoisotopic (exact) mass is 243 g/mol. The van der Waals surface area contributed by atoms with Gasteiger partial charge in [0.2, 0.25) is 0 Å². The fourth-order valence-corrected chi connectivity index (χ4v) is 1.66. The Morgan fingerprint density at radius 1 is 1.28 bits per heavy atom. The van der Waals surface area contributed by atoms with E-state index in [2.05, 4.69) is 9.97 Å². The van der Waals surface area contributed by atoms with Gasteiger partial charge in [-0.3, -0.25) is 9.78 Å². The molecule has 0 spiro atoms. The summed E-state index contributed by atoms with van der Waals surface area (Å²) < 4.78 is 0. The van der Waals surface area contributed by atoms with E-state index in [-0.39, 0.29) is 17.4 Å². The second kappa shape index (κ2) is 5.27. The van der Waals surface area contributed by atoms with Crippen LogP contribution in [0.15, 0.2) is 42.9 Å². The highest BCUT2D eigenvalue weighted by molar-refractivity contribution is 6.06. The minimum Gasteiger partial charge on any atom is -0.505 e. The summed E-state index contributed by atoms with van der Waals surface area (Å²) in [5.74, 6) is -0.447. The van der Waals surface area contributed by atoms with Gasteiger partial charge in [-0.1, -0.05) is 0 Å². The average Bonchev–Trinajstić information content (AvgIpc) is 2.41. The average molecular weight is 243 g/mol. The van der Waals surface area contributed by atoms with Crippen LogP contribution < -0.4 is 4.90 Å². The van der Waals surface area contributed by atoms with E-state index >= 15 is 0 Å². The fourth-order valence-electron chi connectivity index (χ4n) is 1.66. The number of carbonyl (C=O) groups excluding carboxylic acids is 1. The molecule has 0 aliphatic carbocycles. The van der Waals surface area contributed by atoms with Crippen molar-refractivity contribution in [2.75, 3.05) is 11.4 Å². The molecule has 2 rings (SSSR count). The SMILES string of the molecule is CCN(C(=O)c1ncccc1O)c1ccncc1. The Bertz CT molecular complexity index is 543. The number of pyridine rings is 2. The number of amides is 1. The van der Waals surface area contributed by atoms with E-state index in [9.17, 15) is 9.90 Å². The lowest BCUT2D eigenvalue weighted by molar-refractivity contribution is 0.0980. The predicted octanol–water partition coefficient (Wildman–Crippen LogP) is 1.85. The van der Waals surface area contributed by atoms with Crippen molar-refractivity contribution in [2.45, 2.75) is 6.92 Å². The summed E-state index contributed by atoms with van der Waals surface area (Å²) in [7, 11) is 0. The third kappa shape index (κ3) is 2.29. The van der Waals surface area contributed by atoms with Gasteiger partial charge in [0.25, 0.3) is 5.91 Å². The zero-order valence-electron chi connectivity index (χ0n) is 9.95. The molecule has 0 saturated carbocycles. The maximum absolute atomic E-state index is 12.3. The van der Waals surface area contributed by atoms with Gasteiger partial charge in [-0.25, -0.2) is 4.98 Å². The van der Waals surface area contributed by atoms with E-state index in [1.807, 2.05) is 6.92 Å². The van der Waals surface area contributed by atoms with Crippen molar-refractivity contribution >= 4 is 11.6 Å². The molecule has 0 aliphatic rings. The number of carbonyl (C=O) groups is 1. The van der Waals surface area contributed by atoms with E-state index in [0.29, 0.717) is 6.54 Å². The maximum Gasteiger partial charge on any atom is 0.280 e. The molecular formula is C13H13N3O2. The second-order valence-electron chi connectivity index (χ2n) is 3.63. The molecule has 2 aromatic rings. The van der Waals surface area contributed by atoms with Crippen molar-refractivity contribution in [1.29, 1.82) is 0 Å². The largest absolute Gasteiger partial charge is 0.505 e. The summed E-state index contributed by atoms with van der Waals surface area (Å²) >= 11 is 0. The Balaban J connectivity index is 2.35. The zero-order chi connectivity index (χ0) is 13.0. The first-order chi connectivity index (χ1) is 8.74. The van der Waals surface area contributed by atoms with Gasteiger partial charge in [0.15, 0.2) is 5.69 Å². The van der Waals surface area contributed by atoms with Gasteiger partial charge >= 0.3 is 0 Å². The molecule has 2 heterocycles. The molecule has 0 aromatic carbocycles.